The van der Waals surface area contributed by atoms with Gasteiger partial charge in [-0.05, 0) is 23.6 Å². The first-order valence-corrected chi connectivity index (χ1v) is 6.23. The minimum absolute atomic E-state index is 0. The molecule has 3 N–H and O–H groups in total. The van der Waals surface area contributed by atoms with Crippen LogP contribution in [0.15, 0.2) is 18.2 Å². The van der Waals surface area contributed by atoms with Crippen LogP contribution in [0.2, 0.25) is 0 Å². The van der Waals surface area contributed by atoms with E-state index in [2.05, 4.69) is 0 Å². The summed E-state index contributed by atoms with van der Waals surface area (Å²) in [4.78, 5) is 13.6. The molecule has 0 fully saturated rings. The van der Waals surface area contributed by atoms with Crippen LogP contribution in [-0.2, 0) is 11.3 Å². The van der Waals surface area contributed by atoms with Crippen LogP contribution in [-0.4, -0.2) is 36.1 Å². The Morgan fingerprint density at radius 3 is 2.50 bits per heavy atom. The Bertz CT molecular complexity index is 452. The molecule has 0 aliphatic heterocycles. The highest BCUT2D eigenvalue weighted by atomic mass is 35.5. The van der Waals surface area contributed by atoms with Gasteiger partial charge in [-0.3, -0.25) is 4.79 Å². The van der Waals surface area contributed by atoms with Crippen molar-refractivity contribution in [3.8, 4) is 11.5 Å². The average molecular weight is 303 g/mol. The number of phenolic OH excluding ortho intramolecular Hbond substituents is 1. The van der Waals surface area contributed by atoms with Crippen molar-refractivity contribution in [2.75, 3.05) is 14.2 Å². The predicted molar refractivity (Wildman–Crippen MR) is 81.2 cm³/mol. The maximum absolute atomic E-state index is 12.0. The summed E-state index contributed by atoms with van der Waals surface area (Å²) in [6, 6.07) is 4.56. The lowest BCUT2D eigenvalue weighted by atomic mass is 10.0. The molecule has 1 amide bonds. The van der Waals surface area contributed by atoms with Crippen molar-refractivity contribution in [3.05, 3.63) is 23.8 Å². The Morgan fingerprint density at radius 2 is 2.05 bits per heavy atom. The molecule has 6 heteroatoms. The second kappa shape index (κ2) is 7.97. The third-order valence-corrected chi connectivity index (χ3v) is 3.04. The number of amides is 1. The molecule has 1 atom stereocenters. The van der Waals surface area contributed by atoms with E-state index in [0.717, 1.165) is 5.56 Å². The first kappa shape index (κ1) is 18.5. The lowest BCUT2D eigenvalue weighted by Crippen LogP contribution is -2.44. The van der Waals surface area contributed by atoms with Crippen LogP contribution in [0, 0.1) is 5.92 Å². The van der Waals surface area contributed by atoms with Gasteiger partial charge in [-0.25, -0.2) is 0 Å². The smallest absolute Gasteiger partial charge is 0.239 e. The second-order valence-corrected chi connectivity index (χ2v) is 4.97. The van der Waals surface area contributed by atoms with E-state index in [0.29, 0.717) is 12.3 Å². The predicted octanol–water partition coefficient (Wildman–Crippen LogP) is 1.76. The van der Waals surface area contributed by atoms with E-state index in [1.54, 1.807) is 24.1 Å². The molecule has 0 radical (unpaired) electrons. The number of nitrogens with zero attached hydrogens (tertiary/aromatic N) is 1. The number of aromatic hydroxyl groups is 1. The summed E-state index contributed by atoms with van der Waals surface area (Å²) in [6.45, 7) is 4.22. The average Bonchev–Trinajstić information content (AvgIpc) is 2.37. The minimum Gasteiger partial charge on any atom is -0.504 e. The normalized spacial score (nSPS) is 11.7. The Labute approximate surface area is 126 Å². The van der Waals surface area contributed by atoms with Crippen molar-refractivity contribution in [3.63, 3.8) is 0 Å². The Kier molecular flexibility index (Phi) is 7.39. The molecule has 0 saturated carbocycles. The Hall–Kier alpha value is -1.46. The summed E-state index contributed by atoms with van der Waals surface area (Å²) in [6.07, 6.45) is 0. The number of halogens is 1. The van der Waals surface area contributed by atoms with Crippen molar-refractivity contribution in [2.45, 2.75) is 26.4 Å². The van der Waals surface area contributed by atoms with E-state index < -0.39 is 6.04 Å². The molecule has 0 spiro atoms. The number of methoxy groups -OCH3 is 1. The summed E-state index contributed by atoms with van der Waals surface area (Å²) in [5, 5.41) is 9.69. The lowest BCUT2D eigenvalue weighted by Gasteiger charge is -2.23. The van der Waals surface area contributed by atoms with Crippen LogP contribution in [0.3, 0.4) is 0 Å². The number of likely N-dealkylation sites (N-methyl/N-ethyl adjacent to an activating group) is 1. The zero-order chi connectivity index (χ0) is 14.6. The molecule has 1 rings (SSSR count). The number of hydrogen-bond acceptors (Lipinski definition) is 4. The highest BCUT2D eigenvalue weighted by Crippen LogP contribution is 2.26. The molecule has 0 aliphatic carbocycles. The zero-order valence-electron chi connectivity index (χ0n) is 12.3. The molecule has 114 valence electrons. The van der Waals surface area contributed by atoms with Gasteiger partial charge in [0.2, 0.25) is 5.91 Å². The topological polar surface area (TPSA) is 75.8 Å². The summed E-state index contributed by atoms with van der Waals surface area (Å²) in [7, 11) is 3.19. The number of phenols is 1. The van der Waals surface area contributed by atoms with Gasteiger partial charge in [0.05, 0.1) is 13.2 Å². The highest BCUT2D eigenvalue weighted by Gasteiger charge is 2.21. The molecule has 0 heterocycles. The Balaban J connectivity index is 0.00000361. The molecule has 0 bridgehead atoms. The molecule has 20 heavy (non-hydrogen) atoms. The van der Waals surface area contributed by atoms with Crippen LogP contribution in [0.1, 0.15) is 19.4 Å². The maximum Gasteiger partial charge on any atom is 0.239 e. The molecule has 0 saturated heterocycles. The molecule has 1 aromatic rings. The molecular weight excluding hydrogens is 280 g/mol. The molecule has 0 unspecified atom stereocenters. The number of nitrogens with two attached hydrogens (primary N) is 1. The largest absolute Gasteiger partial charge is 0.504 e. The molecule has 0 aliphatic rings. The fourth-order valence-corrected chi connectivity index (χ4v) is 1.73. The van der Waals surface area contributed by atoms with Crippen LogP contribution in [0.4, 0.5) is 0 Å². The van der Waals surface area contributed by atoms with Gasteiger partial charge in [0, 0.05) is 13.6 Å². The molecule has 5 nitrogen and oxygen atoms in total. The second-order valence-electron chi connectivity index (χ2n) is 4.97. The van der Waals surface area contributed by atoms with E-state index in [9.17, 15) is 9.90 Å². The monoisotopic (exact) mass is 302 g/mol. The van der Waals surface area contributed by atoms with Gasteiger partial charge in [-0.1, -0.05) is 19.9 Å². The lowest BCUT2D eigenvalue weighted by molar-refractivity contribution is -0.132. The van der Waals surface area contributed by atoms with Gasteiger partial charge in [0.15, 0.2) is 11.5 Å². The summed E-state index contributed by atoms with van der Waals surface area (Å²) in [5.74, 6) is 0.468. The van der Waals surface area contributed by atoms with Crippen LogP contribution in [0.5, 0.6) is 11.5 Å². The van der Waals surface area contributed by atoms with Gasteiger partial charge in [0.25, 0.3) is 0 Å². The van der Waals surface area contributed by atoms with Crippen molar-refractivity contribution in [1.82, 2.24) is 4.90 Å². The maximum atomic E-state index is 12.0. The van der Waals surface area contributed by atoms with Crippen LogP contribution in [0.25, 0.3) is 0 Å². The minimum atomic E-state index is -0.503. The first-order chi connectivity index (χ1) is 8.86. The summed E-state index contributed by atoms with van der Waals surface area (Å²) < 4.78 is 4.97. The van der Waals surface area contributed by atoms with Gasteiger partial charge >= 0.3 is 0 Å². The summed E-state index contributed by atoms with van der Waals surface area (Å²) >= 11 is 0. The number of ether oxygens (including phenoxy) is 1. The van der Waals surface area contributed by atoms with Gasteiger partial charge in [-0.2, -0.15) is 0 Å². The van der Waals surface area contributed by atoms with E-state index in [4.69, 9.17) is 10.5 Å². The number of carbonyl (C=O) groups excluding carboxylic acids is 1. The van der Waals surface area contributed by atoms with Gasteiger partial charge in [0.1, 0.15) is 0 Å². The third kappa shape index (κ3) is 4.58. The molecular formula is C14H23ClN2O3. The van der Waals surface area contributed by atoms with Crippen molar-refractivity contribution in [2.24, 2.45) is 11.7 Å². The number of benzene rings is 1. The number of hydrogen-bond donors (Lipinski definition) is 2. The third-order valence-electron chi connectivity index (χ3n) is 3.04. The first-order valence-electron chi connectivity index (χ1n) is 6.23. The number of rotatable bonds is 5. The SMILES string of the molecule is COc1ccc(CN(C)C(=O)[C@@H](N)C(C)C)cc1O.Cl. The molecule has 1 aromatic carbocycles. The fourth-order valence-electron chi connectivity index (χ4n) is 1.73. The van der Waals surface area contributed by atoms with Crippen LogP contribution >= 0.6 is 12.4 Å². The van der Waals surface area contributed by atoms with E-state index in [-0.39, 0.29) is 30.0 Å². The zero-order valence-corrected chi connectivity index (χ0v) is 13.1. The summed E-state index contributed by atoms with van der Waals surface area (Å²) in [5.41, 5.74) is 6.65. The molecule has 0 aromatic heterocycles. The standard InChI is InChI=1S/C14H22N2O3.ClH/c1-9(2)13(15)14(18)16(3)8-10-5-6-12(19-4)11(17)7-10;/h5-7,9,13,17H,8,15H2,1-4H3;1H/t13-;/m0./s1. The van der Waals surface area contributed by atoms with Gasteiger partial charge in [-0.15, -0.1) is 12.4 Å². The number of carbonyl (C=O) groups is 1. The quantitative estimate of drug-likeness (QED) is 0.869. The van der Waals surface area contributed by atoms with Crippen LogP contribution < -0.4 is 10.5 Å². The van der Waals surface area contributed by atoms with E-state index in [1.807, 2.05) is 19.9 Å². The van der Waals surface area contributed by atoms with Crippen molar-refractivity contribution in [1.29, 1.82) is 0 Å². The Morgan fingerprint density at radius 1 is 1.45 bits per heavy atom. The van der Waals surface area contributed by atoms with E-state index in [1.165, 1.54) is 7.11 Å². The van der Waals surface area contributed by atoms with E-state index >= 15 is 0 Å². The highest BCUT2D eigenvalue weighted by molar-refractivity contribution is 5.85. The van der Waals surface area contributed by atoms with Crippen molar-refractivity contribution < 1.29 is 14.6 Å². The van der Waals surface area contributed by atoms with Crippen molar-refractivity contribution >= 4 is 18.3 Å². The van der Waals surface area contributed by atoms with Gasteiger partial charge < -0.3 is 20.5 Å². The fraction of sp³-hybridized carbons (Fsp3) is 0.500.